The van der Waals surface area contributed by atoms with Crippen LogP contribution in [0.4, 0.5) is 0 Å². The Morgan fingerprint density at radius 1 is 1.80 bits per heavy atom. The molecule has 0 saturated carbocycles. The molecule has 0 aromatic carbocycles. The van der Waals surface area contributed by atoms with Crippen LogP contribution in [0.15, 0.2) is 0 Å². The first-order valence-electron chi connectivity index (χ1n) is 3.18. The van der Waals surface area contributed by atoms with Crippen molar-refractivity contribution in [3.8, 4) is 0 Å². The van der Waals surface area contributed by atoms with Crippen LogP contribution in [-0.4, -0.2) is 23.8 Å². The highest BCUT2D eigenvalue weighted by Gasteiger charge is 2.23. The summed E-state index contributed by atoms with van der Waals surface area (Å²) in [5.41, 5.74) is 1.35. The highest BCUT2D eigenvalue weighted by molar-refractivity contribution is 5.75. The largest absolute Gasteiger partial charge is 0.344 e. The molecule has 0 bridgehead atoms. The van der Waals surface area contributed by atoms with Crippen LogP contribution in [0.25, 0.3) is 0 Å². The summed E-state index contributed by atoms with van der Waals surface area (Å²) in [7, 11) is 0. The fourth-order valence-corrected chi connectivity index (χ4v) is 1.00. The maximum absolute atomic E-state index is 10.7. The van der Waals surface area contributed by atoms with Gasteiger partial charge in [-0.3, -0.25) is 5.21 Å². The van der Waals surface area contributed by atoms with Gasteiger partial charge in [0.15, 0.2) is 0 Å². The lowest BCUT2D eigenvalue weighted by Crippen LogP contribution is -2.35. The smallest absolute Gasteiger partial charge is 0.344 e. The molecule has 58 valence electrons. The Hall–Kier alpha value is -0.650. The maximum Gasteiger partial charge on any atom is 0.344 e. The second-order valence-electron chi connectivity index (χ2n) is 2.16. The van der Waals surface area contributed by atoms with E-state index >= 15 is 0 Å². The minimum atomic E-state index is -0.458. The third kappa shape index (κ3) is 1.66. The predicted molar refractivity (Wildman–Crippen MR) is 32.0 cm³/mol. The summed E-state index contributed by atoms with van der Waals surface area (Å²) in [4.78, 5) is 14.9. The molecule has 3 N–H and O–H groups in total. The molecular formula is C5H10N2O3. The number of nitrogens with one attached hydrogen (secondary N) is 2. The minimum absolute atomic E-state index is 0.250. The molecule has 1 aliphatic heterocycles. The third-order valence-electron chi connectivity index (χ3n) is 1.49. The van der Waals surface area contributed by atoms with Gasteiger partial charge >= 0.3 is 5.97 Å². The van der Waals surface area contributed by atoms with Crippen LogP contribution in [0.5, 0.6) is 0 Å². The van der Waals surface area contributed by atoms with Gasteiger partial charge in [0.05, 0.1) is 0 Å². The quantitative estimate of drug-likeness (QED) is 0.444. The van der Waals surface area contributed by atoms with Crippen molar-refractivity contribution in [1.29, 1.82) is 0 Å². The molecule has 0 amide bonds. The van der Waals surface area contributed by atoms with Crippen LogP contribution in [0.3, 0.4) is 0 Å². The lowest BCUT2D eigenvalue weighted by molar-refractivity contribution is -0.178. The summed E-state index contributed by atoms with van der Waals surface area (Å²) in [5, 5.41) is 10.9. The summed E-state index contributed by atoms with van der Waals surface area (Å²) >= 11 is 0. The lowest BCUT2D eigenvalue weighted by Gasteiger charge is -2.06. The molecule has 1 unspecified atom stereocenters. The topological polar surface area (TPSA) is 70.6 Å². The van der Waals surface area contributed by atoms with Crippen molar-refractivity contribution in [2.75, 3.05) is 6.54 Å². The Balaban J connectivity index is 2.25. The van der Waals surface area contributed by atoms with Gasteiger partial charge in [0, 0.05) is 0 Å². The van der Waals surface area contributed by atoms with E-state index in [1.165, 1.54) is 5.64 Å². The van der Waals surface area contributed by atoms with Gasteiger partial charge in [-0.1, -0.05) is 0 Å². The molecule has 0 aromatic heterocycles. The Morgan fingerprint density at radius 2 is 2.60 bits per heavy atom. The summed E-state index contributed by atoms with van der Waals surface area (Å²) in [6, 6.07) is -0.250. The van der Waals surface area contributed by atoms with Gasteiger partial charge < -0.3 is 10.2 Å². The molecule has 0 radical (unpaired) electrons. The van der Waals surface area contributed by atoms with Crippen molar-refractivity contribution in [3.05, 3.63) is 0 Å². The Morgan fingerprint density at radius 3 is 3.10 bits per heavy atom. The molecule has 1 atom stereocenters. The van der Waals surface area contributed by atoms with Gasteiger partial charge in [-0.05, 0) is 25.0 Å². The van der Waals surface area contributed by atoms with Crippen molar-refractivity contribution in [1.82, 2.24) is 11.0 Å². The number of hydrogen-bond acceptors (Lipinski definition) is 5. The van der Waals surface area contributed by atoms with Crippen LogP contribution in [0.2, 0.25) is 0 Å². The monoisotopic (exact) mass is 146 g/mol. The molecule has 1 heterocycles. The normalized spacial score (nSPS) is 24.7. The van der Waals surface area contributed by atoms with Crippen molar-refractivity contribution >= 4 is 5.97 Å². The molecule has 0 aromatic rings. The summed E-state index contributed by atoms with van der Waals surface area (Å²) < 4.78 is 0. The molecule has 0 spiro atoms. The molecule has 1 aliphatic rings. The van der Waals surface area contributed by atoms with E-state index in [0.717, 1.165) is 19.4 Å². The summed E-state index contributed by atoms with van der Waals surface area (Å²) in [6.07, 6.45) is 1.76. The van der Waals surface area contributed by atoms with E-state index < -0.39 is 5.97 Å². The first-order chi connectivity index (χ1) is 4.84. The standard InChI is InChI=1S/C5H10N2O3/c8-5(10-7-9)4-2-1-3-6-4/h4,6-7,9H,1-3H2. The average Bonchev–Trinajstić information content (AvgIpc) is 2.38. The van der Waals surface area contributed by atoms with Crippen LogP contribution < -0.4 is 11.0 Å². The zero-order valence-electron chi connectivity index (χ0n) is 5.46. The summed E-state index contributed by atoms with van der Waals surface area (Å²) in [6.45, 7) is 0.838. The SMILES string of the molecule is O=C(ONO)C1CCCN1. The van der Waals surface area contributed by atoms with E-state index in [2.05, 4.69) is 10.2 Å². The number of hydrogen-bond donors (Lipinski definition) is 3. The second-order valence-corrected chi connectivity index (χ2v) is 2.16. The predicted octanol–water partition coefficient (Wildman–Crippen LogP) is -0.825. The van der Waals surface area contributed by atoms with Gasteiger partial charge in [-0.2, -0.15) is 0 Å². The Bertz CT molecular complexity index is 122. The van der Waals surface area contributed by atoms with Crippen molar-refractivity contribution in [3.63, 3.8) is 0 Å². The highest BCUT2D eigenvalue weighted by Crippen LogP contribution is 2.05. The van der Waals surface area contributed by atoms with Crippen molar-refractivity contribution in [2.24, 2.45) is 0 Å². The molecule has 0 aliphatic carbocycles. The van der Waals surface area contributed by atoms with Crippen LogP contribution >= 0.6 is 0 Å². The molecule has 10 heavy (non-hydrogen) atoms. The lowest BCUT2D eigenvalue weighted by atomic mass is 10.2. The molecule has 5 nitrogen and oxygen atoms in total. The molecule has 1 saturated heterocycles. The molecule has 5 heteroatoms. The van der Waals surface area contributed by atoms with Crippen LogP contribution in [-0.2, 0) is 9.63 Å². The van der Waals surface area contributed by atoms with Gasteiger partial charge in [-0.25, -0.2) is 4.79 Å². The first-order valence-corrected chi connectivity index (χ1v) is 3.18. The number of carbonyl (C=O) groups excluding carboxylic acids is 1. The maximum atomic E-state index is 10.7. The second kappa shape index (κ2) is 3.50. The van der Waals surface area contributed by atoms with Crippen LogP contribution in [0, 0.1) is 0 Å². The summed E-state index contributed by atoms with van der Waals surface area (Å²) in [5.74, 6) is -0.458. The highest BCUT2D eigenvalue weighted by atomic mass is 16.9. The fraction of sp³-hybridized carbons (Fsp3) is 0.800. The molecule has 1 fully saturated rings. The van der Waals surface area contributed by atoms with E-state index in [1.54, 1.807) is 0 Å². The van der Waals surface area contributed by atoms with Crippen LogP contribution in [0.1, 0.15) is 12.8 Å². The van der Waals surface area contributed by atoms with Crippen molar-refractivity contribution in [2.45, 2.75) is 18.9 Å². The van der Waals surface area contributed by atoms with E-state index in [9.17, 15) is 4.79 Å². The third-order valence-corrected chi connectivity index (χ3v) is 1.49. The first kappa shape index (κ1) is 7.46. The van der Waals surface area contributed by atoms with Gasteiger partial charge in [0.25, 0.3) is 0 Å². The van der Waals surface area contributed by atoms with E-state index in [4.69, 9.17) is 5.21 Å². The number of rotatable bonds is 2. The number of carbonyl (C=O) groups is 1. The van der Waals surface area contributed by atoms with Gasteiger partial charge in [-0.15, -0.1) is 0 Å². The zero-order valence-corrected chi connectivity index (χ0v) is 5.46. The van der Waals surface area contributed by atoms with Crippen molar-refractivity contribution < 1.29 is 14.8 Å². The van der Waals surface area contributed by atoms with Gasteiger partial charge in [0.2, 0.25) is 0 Å². The average molecular weight is 146 g/mol. The fourth-order valence-electron chi connectivity index (χ4n) is 1.00. The molecular weight excluding hydrogens is 136 g/mol. The Kier molecular flexibility index (Phi) is 2.61. The molecule has 1 rings (SSSR count). The van der Waals surface area contributed by atoms with E-state index in [1.807, 2.05) is 0 Å². The Labute approximate surface area is 58.3 Å². The van der Waals surface area contributed by atoms with Gasteiger partial charge in [0.1, 0.15) is 6.04 Å². The van der Waals surface area contributed by atoms with E-state index in [0.29, 0.717) is 0 Å². The minimum Gasteiger partial charge on any atom is -0.344 e. The van der Waals surface area contributed by atoms with E-state index in [-0.39, 0.29) is 6.04 Å². The zero-order chi connectivity index (χ0) is 7.40.